The minimum Gasteiger partial charge on any atom is -0.339 e. The van der Waals surface area contributed by atoms with Crippen LogP contribution < -0.4 is 5.32 Å². The topological polar surface area (TPSA) is 51.0 Å². The quantitative estimate of drug-likeness (QED) is 0.916. The van der Waals surface area contributed by atoms with E-state index in [9.17, 15) is 4.39 Å². The Morgan fingerprint density at radius 1 is 1.47 bits per heavy atom. The second-order valence-electron chi connectivity index (χ2n) is 4.33. The molecule has 0 fully saturated rings. The molecular formula is C13H15BrFN3O. The predicted molar refractivity (Wildman–Crippen MR) is 73.3 cm³/mol. The Balaban J connectivity index is 1.88. The van der Waals surface area contributed by atoms with Crippen LogP contribution in [0.15, 0.2) is 27.2 Å². The molecule has 0 aliphatic carbocycles. The van der Waals surface area contributed by atoms with Gasteiger partial charge in [-0.1, -0.05) is 27.2 Å². The molecule has 6 heteroatoms. The van der Waals surface area contributed by atoms with Crippen LogP contribution in [0.25, 0.3) is 0 Å². The van der Waals surface area contributed by atoms with E-state index in [-0.39, 0.29) is 11.9 Å². The van der Waals surface area contributed by atoms with E-state index in [1.54, 1.807) is 13.0 Å². The average Bonchev–Trinajstić information content (AvgIpc) is 2.75. The minimum atomic E-state index is -0.246. The van der Waals surface area contributed by atoms with Gasteiger partial charge in [0, 0.05) is 23.5 Å². The number of rotatable bonds is 5. The molecule has 0 aliphatic heterocycles. The van der Waals surface area contributed by atoms with E-state index in [2.05, 4.69) is 31.4 Å². The summed E-state index contributed by atoms with van der Waals surface area (Å²) >= 11 is 3.37. The normalized spacial score (nSPS) is 12.6. The van der Waals surface area contributed by atoms with E-state index < -0.39 is 0 Å². The van der Waals surface area contributed by atoms with E-state index in [1.807, 2.05) is 6.92 Å². The highest BCUT2D eigenvalue weighted by Gasteiger charge is 2.10. The highest BCUT2D eigenvalue weighted by Crippen LogP contribution is 2.24. The summed E-state index contributed by atoms with van der Waals surface area (Å²) < 4.78 is 18.8. The summed E-state index contributed by atoms with van der Waals surface area (Å²) in [5, 5.41) is 7.07. The zero-order chi connectivity index (χ0) is 13.8. The maximum Gasteiger partial charge on any atom is 0.227 e. The maximum absolute atomic E-state index is 13.0. The van der Waals surface area contributed by atoms with E-state index >= 15 is 0 Å². The van der Waals surface area contributed by atoms with Crippen LogP contribution in [0.2, 0.25) is 0 Å². The van der Waals surface area contributed by atoms with Gasteiger partial charge in [-0.25, -0.2) is 4.39 Å². The van der Waals surface area contributed by atoms with Crippen molar-refractivity contribution in [1.82, 2.24) is 15.5 Å². The van der Waals surface area contributed by atoms with Gasteiger partial charge in [-0.15, -0.1) is 0 Å². The van der Waals surface area contributed by atoms with Gasteiger partial charge in [-0.3, -0.25) is 0 Å². The summed E-state index contributed by atoms with van der Waals surface area (Å²) in [4.78, 5) is 4.13. The number of nitrogens with zero attached hydrogens (tertiary/aromatic N) is 2. The third-order valence-electron chi connectivity index (χ3n) is 2.79. The van der Waals surface area contributed by atoms with Crippen molar-refractivity contribution in [2.75, 3.05) is 6.54 Å². The first-order chi connectivity index (χ1) is 9.06. The standard InChI is InChI=1S/C13H15BrFN3O/c1-8(11-4-3-10(15)7-12(11)14)16-6-5-13-17-9(2)18-19-13/h3-4,7-8,16H,5-6H2,1-2H3. The Kier molecular flexibility index (Phi) is 4.66. The van der Waals surface area contributed by atoms with Crippen LogP contribution in [-0.2, 0) is 6.42 Å². The van der Waals surface area contributed by atoms with Gasteiger partial charge < -0.3 is 9.84 Å². The number of aryl methyl sites for hydroxylation is 1. The van der Waals surface area contributed by atoms with Crippen LogP contribution in [0.5, 0.6) is 0 Å². The lowest BCUT2D eigenvalue weighted by Gasteiger charge is -2.15. The lowest BCUT2D eigenvalue weighted by molar-refractivity contribution is 0.370. The molecule has 0 radical (unpaired) electrons. The van der Waals surface area contributed by atoms with Gasteiger partial charge >= 0.3 is 0 Å². The van der Waals surface area contributed by atoms with Crippen LogP contribution in [0.3, 0.4) is 0 Å². The van der Waals surface area contributed by atoms with E-state index in [0.29, 0.717) is 24.7 Å². The summed E-state index contributed by atoms with van der Waals surface area (Å²) in [7, 11) is 0. The van der Waals surface area contributed by atoms with E-state index in [0.717, 1.165) is 10.0 Å². The number of aromatic nitrogens is 2. The Morgan fingerprint density at radius 2 is 2.26 bits per heavy atom. The molecule has 0 saturated carbocycles. The molecule has 0 aliphatic rings. The zero-order valence-corrected chi connectivity index (χ0v) is 12.4. The van der Waals surface area contributed by atoms with Crippen molar-refractivity contribution in [3.05, 3.63) is 45.8 Å². The van der Waals surface area contributed by atoms with Crippen molar-refractivity contribution in [2.45, 2.75) is 26.3 Å². The molecule has 2 rings (SSSR count). The largest absolute Gasteiger partial charge is 0.339 e. The van der Waals surface area contributed by atoms with Crippen molar-refractivity contribution in [3.63, 3.8) is 0 Å². The number of nitrogens with one attached hydrogen (secondary N) is 1. The lowest BCUT2D eigenvalue weighted by atomic mass is 10.1. The van der Waals surface area contributed by atoms with Gasteiger partial charge in [0.25, 0.3) is 0 Å². The monoisotopic (exact) mass is 327 g/mol. The number of halogens is 2. The summed E-state index contributed by atoms with van der Waals surface area (Å²) in [6, 6.07) is 4.81. The molecule has 1 N–H and O–H groups in total. The first-order valence-electron chi connectivity index (χ1n) is 6.04. The summed E-state index contributed by atoms with van der Waals surface area (Å²) in [6.07, 6.45) is 0.671. The molecule has 1 aromatic carbocycles. The molecule has 1 aromatic heterocycles. The van der Waals surface area contributed by atoms with Gasteiger partial charge in [0.05, 0.1) is 0 Å². The molecule has 0 spiro atoms. The highest BCUT2D eigenvalue weighted by atomic mass is 79.9. The number of benzene rings is 1. The fraction of sp³-hybridized carbons (Fsp3) is 0.385. The number of hydrogen-bond donors (Lipinski definition) is 1. The molecular weight excluding hydrogens is 313 g/mol. The van der Waals surface area contributed by atoms with Crippen molar-refractivity contribution in [2.24, 2.45) is 0 Å². The van der Waals surface area contributed by atoms with Crippen molar-refractivity contribution in [1.29, 1.82) is 0 Å². The van der Waals surface area contributed by atoms with Crippen molar-refractivity contribution >= 4 is 15.9 Å². The van der Waals surface area contributed by atoms with Crippen molar-refractivity contribution < 1.29 is 8.91 Å². The van der Waals surface area contributed by atoms with E-state index in [1.165, 1.54) is 12.1 Å². The zero-order valence-electron chi connectivity index (χ0n) is 10.8. The van der Waals surface area contributed by atoms with Gasteiger partial charge in [0.1, 0.15) is 5.82 Å². The molecule has 1 atom stereocenters. The third-order valence-corrected chi connectivity index (χ3v) is 3.47. The van der Waals surface area contributed by atoms with Crippen LogP contribution >= 0.6 is 15.9 Å². The van der Waals surface area contributed by atoms with Crippen LogP contribution in [0.1, 0.15) is 30.2 Å². The first-order valence-corrected chi connectivity index (χ1v) is 6.83. The van der Waals surface area contributed by atoms with Gasteiger partial charge in [-0.2, -0.15) is 4.98 Å². The van der Waals surface area contributed by atoms with Crippen LogP contribution in [-0.4, -0.2) is 16.7 Å². The second kappa shape index (κ2) is 6.25. The molecule has 102 valence electrons. The lowest BCUT2D eigenvalue weighted by Crippen LogP contribution is -2.21. The van der Waals surface area contributed by atoms with Crippen molar-refractivity contribution in [3.8, 4) is 0 Å². The Hall–Kier alpha value is -1.27. The highest BCUT2D eigenvalue weighted by molar-refractivity contribution is 9.10. The molecule has 0 amide bonds. The molecule has 19 heavy (non-hydrogen) atoms. The van der Waals surface area contributed by atoms with E-state index in [4.69, 9.17) is 4.52 Å². The Labute approximate surface area is 119 Å². The third kappa shape index (κ3) is 3.84. The molecule has 1 unspecified atom stereocenters. The Morgan fingerprint density at radius 3 is 2.89 bits per heavy atom. The first kappa shape index (κ1) is 14.1. The van der Waals surface area contributed by atoms with Crippen LogP contribution in [0.4, 0.5) is 4.39 Å². The average molecular weight is 328 g/mol. The summed E-state index contributed by atoms with van der Waals surface area (Å²) in [6.45, 7) is 4.53. The SMILES string of the molecule is Cc1noc(CCNC(C)c2ccc(F)cc2Br)n1. The molecule has 0 saturated heterocycles. The van der Waals surface area contributed by atoms with Gasteiger partial charge in [0.15, 0.2) is 5.82 Å². The molecule has 4 nitrogen and oxygen atoms in total. The smallest absolute Gasteiger partial charge is 0.227 e. The maximum atomic E-state index is 13.0. The van der Waals surface area contributed by atoms with Crippen LogP contribution in [0, 0.1) is 12.7 Å². The minimum absolute atomic E-state index is 0.110. The summed E-state index contributed by atoms with van der Waals surface area (Å²) in [5.74, 6) is 1.02. The fourth-order valence-electron chi connectivity index (χ4n) is 1.80. The second-order valence-corrected chi connectivity index (χ2v) is 5.18. The van der Waals surface area contributed by atoms with Gasteiger partial charge in [-0.05, 0) is 31.5 Å². The van der Waals surface area contributed by atoms with Gasteiger partial charge in [0.2, 0.25) is 5.89 Å². The summed E-state index contributed by atoms with van der Waals surface area (Å²) in [5.41, 5.74) is 1.02. The number of hydrogen-bond acceptors (Lipinski definition) is 4. The molecule has 1 heterocycles. The predicted octanol–water partition coefficient (Wildman–Crippen LogP) is 3.17. The fourth-order valence-corrected chi connectivity index (χ4v) is 2.49. The Bertz CT molecular complexity index is 559. The molecule has 2 aromatic rings. The molecule has 0 bridgehead atoms.